The SMILES string of the molecule is CCCCCC1CC(C(C)C(=O)O)CCC1N. The van der Waals surface area contributed by atoms with E-state index in [0.29, 0.717) is 17.9 Å². The summed E-state index contributed by atoms with van der Waals surface area (Å²) in [4.78, 5) is 11.0. The van der Waals surface area contributed by atoms with E-state index in [1.807, 2.05) is 6.92 Å². The van der Waals surface area contributed by atoms with E-state index >= 15 is 0 Å². The molecular weight excluding hydrogens is 214 g/mol. The minimum atomic E-state index is -0.655. The van der Waals surface area contributed by atoms with Crippen molar-refractivity contribution in [2.24, 2.45) is 23.5 Å². The molecule has 0 saturated heterocycles. The minimum absolute atomic E-state index is 0.212. The fraction of sp³-hybridized carbons (Fsp3) is 0.929. The molecule has 0 spiro atoms. The van der Waals surface area contributed by atoms with E-state index in [2.05, 4.69) is 6.92 Å². The van der Waals surface area contributed by atoms with E-state index in [-0.39, 0.29) is 5.92 Å². The molecule has 0 bridgehead atoms. The summed E-state index contributed by atoms with van der Waals surface area (Å²) in [5.41, 5.74) is 6.15. The van der Waals surface area contributed by atoms with E-state index in [9.17, 15) is 4.79 Å². The molecule has 1 saturated carbocycles. The first kappa shape index (κ1) is 14.5. The zero-order valence-electron chi connectivity index (χ0n) is 11.2. The number of unbranched alkanes of at least 4 members (excludes halogenated alkanes) is 2. The lowest BCUT2D eigenvalue weighted by Crippen LogP contribution is -2.38. The molecule has 0 aromatic rings. The summed E-state index contributed by atoms with van der Waals surface area (Å²) in [6.07, 6.45) is 7.91. The molecular formula is C14H27NO2. The molecule has 4 unspecified atom stereocenters. The molecule has 4 atom stereocenters. The Balaban J connectivity index is 2.44. The summed E-state index contributed by atoms with van der Waals surface area (Å²) in [6.45, 7) is 4.04. The molecule has 1 aliphatic carbocycles. The first-order valence-electron chi connectivity index (χ1n) is 7.04. The van der Waals surface area contributed by atoms with Crippen molar-refractivity contribution in [3.63, 3.8) is 0 Å². The van der Waals surface area contributed by atoms with Crippen LogP contribution in [0.3, 0.4) is 0 Å². The van der Waals surface area contributed by atoms with Crippen LogP contribution in [0.2, 0.25) is 0 Å². The molecule has 0 heterocycles. The third kappa shape index (κ3) is 4.30. The van der Waals surface area contributed by atoms with Crippen molar-refractivity contribution >= 4 is 5.97 Å². The van der Waals surface area contributed by atoms with Crippen molar-refractivity contribution < 1.29 is 9.90 Å². The molecule has 1 fully saturated rings. The Hall–Kier alpha value is -0.570. The molecule has 0 aliphatic heterocycles. The number of rotatable bonds is 6. The monoisotopic (exact) mass is 241 g/mol. The molecule has 100 valence electrons. The van der Waals surface area contributed by atoms with Gasteiger partial charge >= 0.3 is 5.97 Å². The maximum atomic E-state index is 11.0. The maximum Gasteiger partial charge on any atom is 0.306 e. The average Bonchev–Trinajstić information content (AvgIpc) is 2.30. The predicted molar refractivity (Wildman–Crippen MR) is 69.7 cm³/mol. The average molecular weight is 241 g/mol. The molecule has 0 amide bonds. The van der Waals surface area contributed by atoms with Crippen LogP contribution in [-0.4, -0.2) is 17.1 Å². The van der Waals surface area contributed by atoms with Gasteiger partial charge in [-0.25, -0.2) is 0 Å². The van der Waals surface area contributed by atoms with Crippen molar-refractivity contribution in [3.05, 3.63) is 0 Å². The number of carboxylic acid groups (broad SMARTS) is 1. The van der Waals surface area contributed by atoms with E-state index in [0.717, 1.165) is 19.3 Å². The van der Waals surface area contributed by atoms with Gasteiger partial charge in [0.2, 0.25) is 0 Å². The Morgan fingerprint density at radius 2 is 2.12 bits per heavy atom. The highest BCUT2D eigenvalue weighted by Crippen LogP contribution is 2.35. The molecule has 1 aliphatic rings. The summed E-state index contributed by atoms with van der Waals surface area (Å²) >= 11 is 0. The Bertz CT molecular complexity index is 242. The van der Waals surface area contributed by atoms with Crippen molar-refractivity contribution in [1.29, 1.82) is 0 Å². The third-order valence-corrected chi connectivity index (χ3v) is 4.36. The van der Waals surface area contributed by atoms with Crippen molar-refractivity contribution in [3.8, 4) is 0 Å². The van der Waals surface area contributed by atoms with Crippen LogP contribution in [0.1, 0.15) is 58.8 Å². The van der Waals surface area contributed by atoms with Crippen molar-refractivity contribution in [1.82, 2.24) is 0 Å². The molecule has 0 aromatic carbocycles. The minimum Gasteiger partial charge on any atom is -0.481 e. The normalized spacial score (nSPS) is 31.1. The Morgan fingerprint density at radius 1 is 1.41 bits per heavy atom. The molecule has 17 heavy (non-hydrogen) atoms. The third-order valence-electron chi connectivity index (χ3n) is 4.36. The maximum absolute atomic E-state index is 11.0. The van der Waals surface area contributed by atoms with Crippen LogP contribution in [0.4, 0.5) is 0 Å². The van der Waals surface area contributed by atoms with Gasteiger partial charge in [0, 0.05) is 6.04 Å². The van der Waals surface area contributed by atoms with Gasteiger partial charge in [-0.1, -0.05) is 33.1 Å². The van der Waals surface area contributed by atoms with Gasteiger partial charge in [-0.15, -0.1) is 0 Å². The first-order valence-corrected chi connectivity index (χ1v) is 7.04. The number of hydrogen-bond acceptors (Lipinski definition) is 2. The van der Waals surface area contributed by atoms with E-state index in [1.165, 1.54) is 25.7 Å². The lowest BCUT2D eigenvalue weighted by molar-refractivity contribution is -0.143. The predicted octanol–water partition coefficient (Wildman–Crippen LogP) is 3.03. The Labute approximate surface area is 105 Å². The van der Waals surface area contributed by atoms with E-state index < -0.39 is 5.97 Å². The molecule has 0 aromatic heterocycles. The summed E-state index contributed by atoms with van der Waals surface area (Å²) in [5, 5.41) is 9.07. The largest absolute Gasteiger partial charge is 0.481 e. The molecule has 1 rings (SSSR count). The second-order valence-corrected chi connectivity index (χ2v) is 5.62. The molecule has 3 heteroatoms. The number of carbonyl (C=O) groups is 1. The van der Waals surface area contributed by atoms with Crippen LogP contribution >= 0.6 is 0 Å². The fourth-order valence-electron chi connectivity index (χ4n) is 2.97. The van der Waals surface area contributed by atoms with Crippen LogP contribution in [0.5, 0.6) is 0 Å². The molecule has 3 nitrogen and oxygen atoms in total. The van der Waals surface area contributed by atoms with Gasteiger partial charge in [-0.05, 0) is 37.5 Å². The van der Waals surface area contributed by atoms with Crippen molar-refractivity contribution in [2.75, 3.05) is 0 Å². The fourth-order valence-corrected chi connectivity index (χ4v) is 2.97. The standard InChI is InChI=1S/C14H27NO2/c1-3-4-5-6-12-9-11(7-8-13(12)15)10(2)14(16)17/h10-13H,3-9,15H2,1-2H3,(H,16,17). The van der Waals surface area contributed by atoms with Crippen LogP contribution in [-0.2, 0) is 4.79 Å². The molecule has 0 radical (unpaired) electrons. The Morgan fingerprint density at radius 3 is 2.71 bits per heavy atom. The van der Waals surface area contributed by atoms with Gasteiger partial charge in [0.15, 0.2) is 0 Å². The van der Waals surface area contributed by atoms with E-state index in [1.54, 1.807) is 0 Å². The van der Waals surface area contributed by atoms with Crippen LogP contribution in [0, 0.1) is 17.8 Å². The quantitative estimate of drug-likeness (QED) is 0.703. The van der Waals surface area contributed by atoms with Gasteiger partial charge in [-0.2, -0.15) is 0 Å². The van der Waals surface area contributed by atoms with Crippen molar-refractivity contribution in [2.45, 2.75) is 64.8 Å². The summed E-state index contributed by atoms with van der Waals surface area (Å²) in [6, 6.07) is 0.295. The highest BCUT2D eigenvalue weighted by molar-refractivity contribution is 5.69. The van der Waals surface area contributed by atoms with Gasteiger partial charge in [0.05, 0.1) is 5.92 Å². The summed E-state index contributed by atoms with van der Waals surface area (Å²) in [7, 11) is 0. The molecule has 3 N–H and O–H groups in total. The summed E-state index contributed by atoms with van der Waals surface area (Å²) < 4.78 is 0. The zero-order chi connectivity index (χ0) is 12.8. The van der Waals surface area contributed by atoms with Gasteiger partial charge < -0.3 is 10.8 Å². The van der Waals surface area contributed by atoms with E-state index in [4.69, 9.17) is 10.8 Å². The van der Waals surface area contributed by atoms with Gasteiger partial charge in [0.1, 0.15) is 0 Å². The summed E-state index contributed by atoms with van der Waals surface area (Å²) in [5.74, 6) is 0.00924. The van der Waals surface area contributed by atoms with Gasteiger partial charge in [-0.3, -0.25) is 4.79 Å². The van der Waals surface area contributed by atoms with Gasteiger partial charge in [0.25, 0.3) is 0 Å². The second-order valence-electron chi connectivity index (χ2n) is 5.62. The number of hydrogen-bond donors (Lipinski definition) is 2. The Kier molecular flexibility index (Phi) is 5.96. The lowest BCUT2D eigenvalue weighted by atomic mass is 9.72. The zero-order valence-corrected chi connectivity index (χ0v) is 11.2. The topological polar surface area (TPSA) is 63.3 Å². The second kappa shape index (κ2) is 7.00. The van der Waals surface area contributed by atoms with Crippen LogP contribution < -0.4 is 5.73 Å². The highest BCUT2D eigenvalue weighted by atomic mass is 16.4. The smallest absolute Gasteiger partial charge is 0.306 e. The van der Waals surface area contributed by atoms with Crippen LogP contribution in [0.25, 0.3) is 0 Å². The number of aliphatic carboxylic acids is 1. The first-order chi connectivity index (χ1) is 8.06. The number of nitrogens with two attached hydrogens (primary N) is 1. The highest BCUT2D eigenvalue weighted by Gasteiger charge is 2.33. The lowest BCUT2D eigenvalue weighted by Gasteiger charge is -2.36. The number of carboxylic acids is 1. The van der Waals surface area contributed by atoms with Crippen LogP contribution in [0.15, 0.2) is 0 Å².